The van der Waals surface area contributed by atoms with E-state index >= 15 is 0 Å². The Morgan fingerprint density at radius 1 is 0.383 bits per heavy atom. The van der Waals surface area contributed by atoms with E-state index in [2.05, 4.69) is 93.8 Å². The van der Waals surface area contributed by atoms with Crippen LogP contribution in [-0.2, 0) is 78.1 Å². The predicted octanol–water partition coefficient (Wildman–Crippen LogP) is 10.1. The highest BCUT2D eigenvalue weighted by Crippen LogP contribution is 2.39. The molecule has 0 spiro atoms. The molecule has 0 radical (unpaired) electrons. The number of piperidine rings is 5. The summed E-state index contributed by atoms with van der Waals surface area (Å²) >= 11 is 0. The van der Waals surface area contributed by atoms with Crippen LogP contribution in [0, 0.1) is 11.8 Å². The topological polar surface area (TPSA) is 310 Å². The van der Waals surface area contributed by atoms with Crippen LogP contribution in [-0.4, -0.2) is 177 Å². The molecule has 115 heavy (non-hydrogen) atoms. The second kappa shape index (κ2) is 35.3. The fraction of sp³-hybridized carbons (Fsp3) is 0.393. The Hall–Kier alpha value is -11.2. The smallest absolute Gasteiger partial charge is 0.266 e. The molecule has 6 fully saturated rings. The van der Waals surface area contributed by atoms with E-state index in [1.54, 1.807) is 48.5 Å². The lowest BCUT2D eigenvalue weighted by Crippen LogP contribution is -2.54. The molecule has 5 saturated heterocycles. The Kier molecular flexibility index (Phi) is 24.7. The summed E-state index contributed by atoms with van der Waals surface area (Å²) in [5.74, 6) is -2.86. The van der Waals surface area contributed by atoms with E-state index in [1.807, 2.05) is 48.5 Å². The molecule has 598 valence electrons. The summed E-state index contributed by atoms with van der Waals surface area (Å²) in [4.78, 5) is 161. The molecule has 8 heterocycles. The lowest BCUT2D eigenvalue weighted by atomic mass is 9.86. The van der Waals surface area contributed by atoms with Crippen LogP contribution in [0.2, 0.25) is 0 Å². The number of sulfone groups is 1. The third-order valence-corrected chi connectivity index (χ3v) is 25.2. The monoisotopic (exact) mass is 1580 g/mol. The fourth-order valence-corrected chi connectivity index (χ4v) is 18.0. The number of likely N-dealkylation sites (tertiary alicyclic amines) is 3. The summed E-state index contributed by atoms with van der Waals surface area (Å²) in [5.41, 5.74) is 8.93. The number of imide groups is 5. The molecule has 7 aromatic carbocycles. The van der Waals surface area contributed by atoms with Gasteiger partial charge in [-0.15, -0.1) is 0 Å². The number of ether oxygens (including phenoxy) is 3. The van der Waals surface area contributed by atoms with Crippen LogP contribution >= 0.6 is 0 Å². The van der Waals surface area contributed by atoms with E-state index in [0.717, 1.165) is 108 Å². The molecule has 16 rings (SSSR count). The average Bonchev–Trinajstić information content (AvgIpc) is 1.62. The Morgan fingerprint density at radius 2 is 0.730 bits per heavy atom. The largest absolute Gasteiger partial charge is 0.488 e. The minimum Gasteiger partial charge on any atom is -0.488 e. The molecule has 1 aliphatic carbocycles. The van der Waals surface area contributed by atoms with Crippen molar-refractivity contribution in [2.45, 2.75) is 166 Å². The van der Waals surface area contributed by atoms with Gasteiger partial charge in [0.1, 0.15) is 64.8 Å². The van der Waals surface area contributed by atoms with Crippen LogP contribution in [0.5, 0.6) is 17.2 Å². The SMILES string of the molecule is CC(C)C1CCN(Cc2ccc(COc3cccc4c3C(=O)N(C3CCC(=O)CC3=O)C4=O)cc2)CC1.CS(=O)(=O)C1CCN(Cc2ccc(COc3cccc4c3C(=O)N(C3CCC(=O)NC3=O)C4=O)cc2)CC1.O=C1CCC(N2C(=O)c3cccc(OCc4ccc(CN5CCC(c6ccccc6)CC5)cc4)c3C2=O)C(=O)N1. The number of nitrogens with one attached hydrogen (secondary N) is 2. The van der Waals surface area contributed by atoms with Crippen molar-refractivity contribution in [3.8, 4) is 17.2 Å². The average molecular weight is 1580 g/mol. The quantitative estimate of drug-likeness (QED) is 0.0499. The summed E-state index contributed by atoms with van der Waals surface area (Å²) in [6.07, 6.45) is 7.94. The zero-order valence-corrected chi connectivity index (χ0v) is 65.6. The fourth-order valence-electron chi connectivity index (χ4n) is 16.9. The first-order valence-corrected chi connectivity index (χ1v) is 41.6. The van der Waals surface area contributed by atoms with Gasteiger partial charge in [0.2, 0.25) is 23.6 Å². The molecule has 0 bridgehead atoms. The van der Waals surface area contributed by atoms with Gasteiger partial charge < -0.3 is 14.2 Å². The van der Waals surface area contributed by atoms with E-state index in [9.17, 15) is 66.0 Å². The van der Waals surface area contributed by atoms with Crippen molar-refractivity contribution in [1.82, 2.24) is 40.0 Å². The number of hydrogen-bond donors (Lipinski definition) is 2. The number of Topliss-reactive ketones (excluding diaryl/α,β-unsaturated/α-hetero) is 2. The van der Waals surface area contributed by atoms with Crippen molar-refractivity contribution < 1.29 is 80.2 Å². The number of carbonyl (C=O) groups is 12. The number of carbonyl (C=O) groups excluding carboxylic acids is 12. The standard InChI is InChI=1S/C32H31N3O5.C30H34N2O5.C27H29N3O7S/c36-28-14-13-26(30(37)33-28)35-31(38)25-7-4-8-27(29(25)32(35)39)40-20-22-11-9-21(10-12-22)19-34-17-15-24(16-18-34)23-5-2-1-3-6-23;1-19(2)22-12-14-31(15-13-22)17-20-6-8-21(9-7-20)18-37-27-5-3-4-24-28(27)30(36)32(29(24)35)25-11-10-23(33)16-26(25)34;1-38(35,36)19-11-13-29(14-12-19)15-17-5-7-18(8-6-17)16-37-22-4-2-3-20-24(22)27(34)30(26(20)33)21-9-10-23(31)28-25(21)32/h1-12,24,26H,13-20H2,(H,33,36,37);3-9,19,22,25H,10-18H2,1-2H3;2-8,19,21H,9-16H2,1H3,(H,28,31,32). The molecule has 9 aliphatic rings. The zero-order chi connectivity index (χ0) is 80.8. The van der Waals surface area contributed by atoms with E-state index in [-0.39, 0.29) is 121 Å². The molecule has 3 atom stereocenters. The van der Waals surface area contributed by atoms with E-state index in [1.165, 1.54) is 54.7 Å². The van der Waals surface area contributed by atoms with Gasteiger partial charge >= 0.3 is 0 Å². The van der Waals surface area contributed by atoms with Gasteiger partial charge in [-0.1, -0.05) is 135 Å². The highest BCUT2D eigenvalue weighted by atomic mass is 32.2. The molecule has 1 saturated carbocycles. The van der Waals surface area contributed by atoms with Crippen molar-refractivity contribution >= 4 is 80.5 Å². The summed E-state index contributed by atoms with van der Waals surface area (Å²) in [6, 6.07) is 46.9. The lowest BCUT2D eigenvalue weighted by molar-refractivity contribution is -0.137. The van der Waals surface area contributed by atoms with Gasteiger partial charge in [0.25, 0.3) is 35.4 Å². The summed E-state index contributed by atoms with van der Waals surface area (Å²) < 4.78 is 41.5. The third-order valence-electron chi connectivity index (χ3n) is 23.6. The van der Waals surface area contributed by atoms with Gasteiger partial charge in [0, 0.05) is 45.2 Å². The summed E-state index contributed by atoms with van der Waals surface area (Å²) in [7, 11) is -2.99. The van der Waals surface area contributed by atoms with Crippen LogP contribution in [0.3, 0.4) is 0 Å². The predicted molar refractivity (Wildman–Crippen MR) is 423 cm³/mol. The minimum atomic E-state index is -2.99. The van der Waals surface area contributed by atoms with Gasteiger partial charge in [-0.05, 0) is 190 Å². The normalized spacial score (nSPS) is 20.7. The number of hydrogen-bond acceptors (Lipinski definition) is 20. The first-order valence-electron chi connectivity index (χ1n) is 39.7. The molecule has 26 heteroatoms. The van der Waals surface area contributed by atoms with Crippen LogP contribution in [0.25, 0.3) is 0 Å². The van der Waals surface area contributed by atoms with Gasteiger partial charge in [-0.25, -0.2) is 8.42 Å². The van der Waals surface area contributed by atoms with E-state index in [4.69, 9.17) is 14.2 Å². The Labute approximate surface area is 667 Å². The van der Waals surface area contributed by atoms with E-state index < -0.39 is 87.0 Å². The van der Waals surface area contributed by atoms with Crippen molar-refractivity contribution in [3.05, 3.63) is 230 Å². The number of nitrogens with zero attached hydrogens (tertiary/aromatic N) is 6. The van der Waals surface area contributed by atoms with E-state index in [0.29, 0.717) is 30.3 Å². The molecule has 10 amide bonds. The first kappa shape index (κ1) is 80.4. The Balaban J connectivity index is 0.000000143. The van der Waals surface area contributed by atoms with Gasteiger partial charge in [-0.2, -0.15) is 0 Å². The van der Waals surface area contributed by atoms with Crippen LogP contribution in [0.4, 0.5) is 0 Å². The Morgan fingerprint density at radius 3 is 1.09 bits per heavy atom. The molecular formula is C89H94N8O17S. The molecule has 25 nitrogen and oxygen atoms in total. The third kappa shape index (κ3) is 18.3. The minimum absolute atomic E-state index is 0.0576. The maximum atomic E-state index is 13.3. The molecule has 2 N–H and O–H groups in total. The van der Waals surface area contributed by atoms with Gasteiger partial charge in [-0.3, -0.25) is 97.6 Å². The van der Waals surface area contributed by atoms with Gasteiger partial charge in [0.05, 0.1) is 51.1 Å². The van der Waals surface area contributed by atoms with Crippen LogP contribution in [0.15, 0.2) is 158 Å². The maximum Gasteiger partial charge on any atom is 0.266 e. The molecule has 3 unspecified atom stereocenters. The molecule has 0 aromatic heterocycles. The number of ketones is 2. The van der Waals surface area contributed by atoms with Crippen molar-refractivity contribution in [1.29, 1.82) is 0 Å². The number of fused-ring (bicyclic) bond motifs is 3. The first-order chi connectivity index (χ1) is 55.4. The highest BCUT2D eigenvalue weighted by Gasteiger charge is 2.49. The molecule has 7 aromatic rings. The highest BCUT2D eigenvalue weighted by molar-refractivity contribution is 7.91. The lowest BCUT2D eigenvalue weighted by Gasteiger charge is -2.33. The van der Waals surface area contributed by atoms with Gasteiger partial charge in [0.15, 0.2) is 5.78 Å². The number of benzene rings is 7. The van der Waals surface area contributed by atoms with Crippen LogP contribution in [0.1, 0.15) is 204 Å². The number of amides is 10. The second-order valence-corrected chi connectivity index (χ2v) is 33.9. The van der Waals surface area contributed by atoms with Crippen molar-refractivity contribution in [3.63, 3.8) is 0 Å². The van der Waals surface area contributed by atoms with Crippen LogP contribution < -0.4 is 24.8 Å². The number of rotatable bonds is 21. The summed E-state index contributed by atoms with van der Waals surface area (Å²) in [6.45, 7) is 13.8. The second-order valence-electron chi connectivity index (χ2n) is 31.6. The van der Waals surface area contributed by atoms with Crippen molar-refractivity contribution in [2.24, 2.45) is 11.8 Å². The molecule has 8 aliphatic heterocycles. The maximum absolute atomic E-state index is 13.3. The molecular weight excluding hydrogens is 1490 g/mol. The Bertz CT molecular complexity index is 5050. The summed E-state index contributed by atoms with van der Waals surface area (Å²) in [5, 5.41) is 4.15. The van der Waals surface area contributed by atoms with Crippen molar-refractivity contribution in [2.75, 3.05) is 45.5 Å². The zero-order valence-electron chi connectivity index (χ0n) is 64.8.